The Hall–Kier alpha value is -2.10. The molecule has 0 bridgehead atoms. The molecule has 2 nitrogen and oxygen atoms in total. The molecule has 106 valence electrons. The highest BCUT2D eigenvalue weighted by Crippen LogP contribution is 2.35. The van der Waals surface area contributed by atoms with Gasteiger partial charge in [-0.2, -0.15) is 0 Å². The Morgan fingerprint density at radius 1 is 0.810 bits per heavy atom. The molecule has 3 rings (SSSR count). The van der Waals surface area contributed by atoms with E-state index in [1.807, 2.05) is 24.3 Å². The first-order valence-corrected chi connectivity index (χ1v) is 7.56. The van der Waals surface area contributed by atoms with Crippen molar-refractivity contribution in [3.8, 4) is 26.6 Å². The van der Waals surface area contributed by atoms with Gasteiger partial charge < -0.3 is 9.84 Å². The number of benzene rings is 2. The smallest absolute Gasteiger partial charge is 0.118 e. The van der Waals surface area contributed by atoms with Gasteiger partial charge in [-0.1, -0.05) is 24.3 Å². The largest absolute Gasteiger partial charge is 0.497 e. The molecule has 0 saturated carbocycles. The molecule has 0 spiro atoms. The third-order valence-electron chi connectivity index (χ3n) is 3.40. The number of rotatable bonds is 4. The van der Waals surface area contributed by atoms with Crippen molar-refractivity contribution in [2.75, 3.05) is 7.11 Å². The lowest BCUT2D eigenvalue weighted by atomic mass is 10.1. The number of hydrogen-bond donors (Lipinski definition) is 1. The molecule has 0 radical (unpaired) electrons. The van der Waals surface area contributed by atoms with E-state index in [-0.39, 0.29) is 6.61 Å². The second-order valence-electron chi connectivity index (χ2n) is 4.75. The summed E-state index contributed by atoms with van der Waals surface area (Å²) in [4.78, 5) is 2.46. The fourth-order valence-electron chi connectivity index (χ4n) is 2.18. The van der Waals surface area contributed by atoms with Crippen LogP contribution in [0.25, 0.3) is 20.9 Å². The topological polar surface area (TPSA) is 29.5 Å². The zero-order chi connectivity index (χ0) is 14.7. The summed E-state index contributed by atoms with van der Waals surface area (Å²) in [7, 11) is 1.67. The van der Waals surface area contributed by atoms with E-state index >= 15 is 0 Å². The third kappa shape index (κ3) is 2.99. The van der Waals surface area contributed by atoms with Crippen LogP contribution in [0.15, 0.2) is 60.7 Å². The van der Waals surface area contributed by atoms with Crippen molar-refractivity contribution >= 4 is 11.3 Å². The van der Waals surface area contributed by atoms with Crippen molar-refractivity contribution in [3.63, 3.8) is 0 Å². The fraction of sp³-hybridized carbons (Fsp3) is 0.111. The summed E-state index contributed by atoms with van der Waals surface area (Å²) in [6.07, 6.45) is 0. The summed E-state index contributed by atoms with van der Waals surface area (Å²) < 4.78 is 5.18. The van der Waals surface area contributed by atoms with Crippen LogP contribution in [0.2, 0.25) is 0 Å². The van der Waals surface area contributed by atoms with Crippen LogP contribution in [0, 0.1) is 0 Å². The molecule has 1 N–H and O–H groups in total. The van der Waals surface area contributed by atoms with Crippen LogP contribution in [0.4, 0.5) is 0 Å². The normalized spacial score (nSPS) is 10.6. The molecule has 0 aliphatic heterocycles. The van der Waals surface area contributed by atoms with Gasteiger partial charge in [0.1, 0.15) is 5.75 Å². The molecular weight excluding hydrogens is 280 g/mol. The standard InChI is InChI=1S/C18H16O2S/c1-20-16-8-6-15(7-9-16)18-11-10-17(21-18)14-4-2-13(12-19)3-5-14/h2-11,19H,12H2,1H3. The predicted octanol–water partition coefficient (Wildman–Crippen LogP) is 4.58. The van der Waals surface area contributed by atoms with Gasteiger partial charge in [0, 0.05) is 9.75 Å². The van der Waals surface area contributed by atoms with Gasteiger partial charge in [-0.15, -0.1) is 11.3 Å². The van der Waals surface area contributed by atoms with Crippen molar-refractivity contribution in [1.82, 2.24) is 0 Å². The Kier molecular flexibility index (Phi) is 4.04. The van der Waals surface area contributed by atoms with E-state index in [9.17, 15) is 0 Å². The van der Waals surface area contributed by atoms with Gasteiger partial charge in [-0.3, -0.25) is 0 Å². The molecule has 2 aromatic carbocycles. The molecule has 3 heteroatoms. The van der Waals surface area contributed by atoms with Crippen molar-refractivity contribution in [2.24, 2.45) is 0 Å². The number of aliphatic hydroxyl groups excluding tert-OH is 1. The molecule has 0 saturated heterocycles. The molecule has 21 heavy (non-hydrogen) atoms. The van der Waals surface area contributed by atoms with Crippen molar-refractivity contribution in [3.05, 3.63) is 66.2 Å². The third-order valence-corrected chi connectivity index (χ3v) is 4.58. The molecule has 0 aliphatic carbocycles. The van der Waals surface area contributed by atoms with E-state index in [0.29, 0.717) is 0 Å². The first kappa shape index (κ1) is 13.9. The lowest BCUT2D eigenvalue weighted by Crippen LogP contribution is -1.81. The molecule has 0 fully saturated rings. The van der Waals surface area contributed by atoms with E-state index in [2.05, 4.69) is 36.4 Å². The fourth-order valence-corrected chi connectivity index (χ4v) is 3.19. The maximum Gasteiger partial charge on any atom is 0.118 e. The molecule has 1 aromatic heterocycles. The maximum absolute atomic E-state index is 9.09. The zero-order valence-corrected chi connectivity index (χ0v) is 12.6. The van der Waals surface area contributed by atoms with E-state index < -0.39 is 0 Å². The Balaban J connectivity index is 1.87. The summed E-state index contributed by atoms with van der Waals surface area (Å²) in [6, 6.07) is 20.4. The summed E-state index contributed by atoms with van der Waals surface area (Å²) in [5, 5.41) is 9.09. The van der Waals surface area contributed by atoms with Gasteiger partial charge in [0.15, 0.2) is 0 Å². The maximum atomic E-state index is 9.09. The summed E-state index contributed by atoms with van der Waals surface area (Å²) >= 11 is 1.76. The van der Waals surface area contributed by atoms with Crippen LogP contribution in [0.5, 0.6) is 5.75 Å². The van der Waals surface area contributed by atoms with E-state index in [0.717, 1.165) is 11.3 Å². The van der Waals surface area contributed by atoms with Gasteiger partial charge in [-0.05, 0) is 53.1 Å². The van der Waals surface area contributed by atoms with Crippen LogP contribution in [-0.2, 0) is 6.61 Å². The number of methoxy groups -OCH3 is 1. The molecule has 0 atom stereocenters. The minimum Gasteiger partial charge on any atom is -0.497 e. The van der Waals surface area contributed by atoms with Gasteiger partial charge >= 0.3 is 0 Å². The average Bonchev–Trinajstić information content (AvgIpc) is 3.05. The Morgan fingerprint density at radius 3 is 1.81 bits per heavy atom. The van der Waals surface area contributed by atoms with E-state index in [1.165, 1.54) is 20.9 Å². The highest BCUT2D eigenvalue weighted by Gasteiger charge is 2.05. The van der Waals surface area contributed by atoms with Crippen LogP contribution in [-0.4, -0.2) is 12.2 Å². The van der Waals surface area contributed by atoms with Crippen molar-refractivity contribution in [2.45, 2.75) is 6.61 Å². The Morgan fingerprint density at radius 2 is 1.33 bits per heavy atom. The van der Waals surface area contributed by atoms with Gasteiger partial charge in [-0.25, -0.2) is 0 Å². The quantitative estimate of drug-likeness (QED) is 0.763. The second-order valence-corrected chi connectivity index (χ2v) is 5.83. The lowest BCUT2D eigenvalue weighted by molar-refractivity contribution is 0.282. The van der Waals surface area contributed by atoms with E-state index in [4.69, 9.17) is 9.84 Å². The summed E-state index contributed by atoms with van der Waals surface area (Å²) in [5.74, 6) is 0.870. The van der Waals surface area contributed by atoms with Gasteiger partial charge in [0.05, 0.1) is 13.7 Å². The Bertz CT molecular complexity index is 650. The number of ether oxygens (including phenoxy) is 1. The summed E-state index contributed by atoms with van der Waals surface area (Å²) in [5.41, 5.74) is 3.31. The van der Waals surface area contributed by atoms with Crippen molar-refractivity contribution < 1.29 is 9.84 Å². The molecule has 0 aliphatic rings. The van der Waals surface area contributed by atoms with Crippen LogP contribution in [0.3, 0.4) is 0 Å². The van der Waals surface area contributed by atoms with E-state index in [1.54, 1.807) is 18.4 Å². The van der Waals surface area contributed by atoms with Crippen LogP contribution in [0.1, 0.15) is 5.56 Å². The SMILES string of the molecule is COc1ccc(-c2ccc(-c3ccc(CO)cc3)s2)cc1. The zero-order valence-electron chi connectivity index (χ0n) is 11.7. The average molecular weight is 296 g/mol. The second kappa shape index (κ2) is 6.12. The molecule has 1 heterocycles. The number of hydrogen-bond acceptors (Lipinski definition) is 3. The molecule has 0 unspecified atom stereocenters. The van der Waals surface area contributed by atoms with Gasteiger partial charge in [0.25, 0.3) is 0 Å². The molecule has 0 amide bonds. The monoisotopic (exact) mass is 296 g/mol. The molecule has 3 aromatic rings. The minimum absolute atomic E-state index is 0.0851. The minimum atomic E-state index is 0.0851. The first-order chi connectivity index (χ1) is 10.3. The lowest BCUT2D eigenvalue weighted by Gasteiger charge is -2.01. The van der Waals surface area contributed by atoms with Crippen LogP contribution >= 0.6 is 11.3 Å². The number of aliphatic hydroxyl groups is 1. The summed E-state index contributed by atoms with van der Waals surface area (Å²) in [6.45, 7) is 0.0851. The molecular formula is C18H16O2S. The Labute approximate surface area is 128 Å². The van der Waals surface area contributed by atoms with Crippen LogP contribution < -0.4 is 4.74 Å². The van der Waals surface area contributed by atoms with Gasteiger partial charge in [0.2, 0.25) is 0 Å². The predicted molar refractivity (Wildman–Crippen MR) is 87.7 cm³/mol. The highest BCUT2D eigenvalue weighted by molar-refractivity contribution is 7.18. The van der Waals surface area contributed by atoms with Crippen molar-refractivity contribution in [1.29, 1.82) is 0 Å². The first-order valence-electron chi connectivity index (χ1n) is 6.74. The number of thiophene rings is 1. The highest BCUT2D eigenvalue weighted by atomic mass is 32.1.